The number of aliphatic hydroxyl groups is 1. The molecule has 0 aliphatic carbocycles. The number of carbonyl (C=O) groups is 2. The zero-order valence-corrected chi connectivity index (χ0v) is 18.1. The van der Waals surface area contributed by atoms with Crippen LogP contribution in [0, 0.1) is 6.92 Å². The second kappa shape index (κ2) is 8.47. The summed E-state index contributed by atoms with van der Waals surface area (Å²) < 4.78 is 22.4. The Morgan fingerprint density at radius 2 is 1.97 bits per heavy atom. The van der Waals surface area contributed by atoms with Crippen molar-refractivity contribution in [1.82, 2.24) is 0 Å². The van der Waals surface area contributed by atoms with Crippen molar-refractivity contribution in [2.45, 2.75) is 52.4 Å². The summed E-state index contributed by atoms with van der Waals surface area (Å²) in [5, 5.41) is 20.8. The summed E-state index contributed by atoms with van der Waals surface area (Å²) in [6.07, 6.45) is -0.790. The van der Waals surface area contributed by atoms with Gasteiger partial charge in [-0.1, -0.05) is 6.07 Å². The molecule has 8 nitrogen and oxygen atoms in total. The minimum absolute atomic E-state index is 0.0259. The van der Waals surface area contributed by atoms with Gasteiger partial charge in [-0.15, -0.1) is 0 Å². The van der Waals surface area contributed by atoms with E-state index >= 15 is 0 Å². The molecule has 2 aromatic carbocycles. The molecule has 0 saturated carbocycles. The Morgan fingerprint density at radius 3 is 2.58 bits per heavy atom. The molecule has 166 valence electrons. The van der Waals surface area contributed by atoms with E-state index in [4.69, 9.17) is 18.9 Å². The second-order valence-corrected chi connectivity index (χ2v) is 8.13. The highest BCUT2D eigenvalue weighted by Crippen LogP contribution is 2.47. The van der Waals surface area contributed by atoms with Gasteiger partial charge >= 0.3 is 11.9 Å². The van der Waals surface area contributed by atoms with Gasteiger partial charge in [0.25, 0.3) is 0 Å². The van der Waals surface area contributed by atoms with Gasteiger partial charge < -0.3 is 29.2 Å². The van der Waals surface area contributed by atoms with E-state index in [0.717, 1.165) is 5.56 Å². The summed E-state index contributed by atoms with van der Waals surface area (Å²) in [6.45, 7) is 6.18. The number of cyclic esters (lactones) is 1. The standard InChI is InChI=1S/C23H26O8/c1-12-8-14-11-29-22(26)16-7-6-15(18(30-13(2)24)10-23(3,4)27)20(28-5)21(16)31-19(14)17(25)9-12/h6-9,18,25,27H,10-11H2,1-5H3/t18-/m0/s1. The fourth-order valence-corrected chi connectivity index (χ4v) is 3.55. The van der Waals surface area contributed by atoms with Gasteiger partial charge in [-0.2, -0.15) is 0 Å². The molecular formula is C23H26O8. The number of phenols is 1. The number of hydrogen-bond acceptors (Lipinski definition) is 8. The lowest BCUT2D eigenvalue weighted by Crippen LogP contribution is -2.25. The molecule has 0 bridgehead atoms. The molecule has 1 atom stereocenters. The zero-order valence-electron chi connectivity index (χ0n) is 18.1. The largest absolute Gasteiger partial charge is 0.504 e. The molecule has 1 aliphatic heterocycles. The molecule has 0 unspecified atom stereocenters. The first-order valence-corrected chi connectivity index (χ1v) is 9.78. The van der Waals surface area contributed by atoms with E-state index in [2.05, 4.69) is 0 Å². The molecule has 0 fully saturated rings. The van der Waals surface area contributed by atoms with Gasteiger partial charge in [0.1, 0.15) is 18.3 Å². The minimum Gasteiger partial charge on any atom is -0.504 e. The average Bonchev–Trinajstić information content (AvgIpc) is 2.64. The Bertz CT molecular complexity index is 1020. The predicted octanol–water partition coefficient (Wildman–Crippen LogP) is 3.94. The quantitative estimate of drug-likeness (QED) is 0.686. The number of phenolic OH excluding ortho intramolecular Hbond substituents is 1. The summed E-state index contributed by atoms with van der Waals surface area (Å²) >= 11 is 0. The van der Waals surface area contributed by atoms with Crippen LogP contribution in [-0.4, -0.2) is 34.9 Å². The van der Waals surface area contributed by atoms with Gasteiger partial charge in [0, 0.05) is 24.5 Å². The average molecular weight is 430 g/mol. The Balaban J connectivity index is 2.20. The lowest BCUT2D eigenvalue weighted by atomic mass is 9.94. The summed E-state index contributed by atoms with van der Waals surface area (Å²) in [5.41, 5.74) is 0.614. The normalized spacial score (nSPS) is 14.2. The predicted molar refractivity (Wildman–Crippen MR) is 110 cm³/mol. The van der Waals surface area contributed by atoms with E-state index in [1.54, 1.807) is 32.9 Å². The van der Waals surface area contributed by atoms with Crippen molar-refractivity contribution in [3.63, 3.8) is 0 Å². The van der Waals surface area contributed by atoms with Crippen LogP contribution in [0.3, 0.4) is 0 Å². The van der Waals surface area contributed by atoms with Crippen LogP contribution in [0.15, 0.2) is 24.3 Å². The molecule has 1 heterocycles. The first kappa shape index (κ1) is 22.4. The molecule has 2 aromatic rings. The Labute approximate surface area is 180 Å². The summed E-state index contributed by atoms with van der Waals surface area (Å²) in [5.74, 6) is -0.976. The van der Waals surface area contributed by atoms with Crippen LogP contribution in [0.25, 0.3) is 0 Å². The van der Waals surface area contributed by atoms with Crippen LogP contribution in [-0.2, 0) is 20.9 Å². The van der Waals surface area contributed by atoms with Crippen LogP contribution in [0.4, 0.5) is 0 Å². The van der Waals surface area contributed by atoms with E-state index in [-0.39, 0.29) is 41.6 Å². The van der Waals surface area contributed by atoms with Crippen molar-refractivity contribution < 1.29 is 38.7 Å². The third kappa shape index (κ3) is 4.91. The number of rotatable bonds is 5. The first-order valence-electron chi connectivity index (χ1n) is 9.78. The fourth-order valence-electron chi connectivity index (χ4n) is 3.55. The van der Waals surface area contributed by atoms with E-state index in [1.807, 2.05) is 0 Å². The number of carbonyl (C=O) groups excluding carboxylic acids is 2. The van der Waals surface area contributed by atoms with Gasteiger partial charge in [0.15, 0.2) is 23.0 Å². The number of aromatic hydroxyl groups is 1. The van der Waals surface area contributed by atoms with E-state index in [9.17, 15) is 19.8 Å². The number of esters is 2. The molecule has 0 saturated heterocycles. The SMILES string of the molecule is COc1c([C@H](CC(C)(C)O)OC(C)=O)ccc2c1Oc1c(O)cc(C)cc1COC2=O. The highest BCUT2D eigenvalue weighted by molar-refractivity contribution is 5.94. The number of hydrogen-bond donors (Lipinski definition) is 2. The van der Waals surface area contributed by atoms with Crippen LogP contribution < -0.4 is 9.47 Å². The zero-order chi connectivity index (χ0) is 22.9. The summed E-state index contributed by atoms with van der Waals surface area (Å²) in [7, 11) is 1.39. The Kier molecular flexibility index (Phi) is 6.13. The van der Waals surface area contributed by atoms with Crippen LogP contribution in [0.2, 0.25) is 0 Å². The third-order valence-electron chi connectivity index (χ3n) is 4.76. The van der Waals surface area contributed by atoms with Crippen LogP contribution in [0.1, 0.15) is 60.3 Å². The molecule has 8 heteroatoms. The Morgan fingerprint density at radius 1 is 1.26 bits per heavy atom. The monoisotopic (exact) mass is 430 g/mol. The van der Waals surface area contributed by atoms with E-state index < -0.39 is 23.6 Å². The molecule has 0 spiro atoms. The lowest BCUT2D eigenvalue weighted by Gasteiger charge is -2.28. The number of benzene rings is 2. The molecule has 2 N–H and O–H groups in total. The van der Waals surface area contributed by atoms with Crippen molar-refractivity contribution >= 4 is 11.9 Å². The maximum absolute atomic E-state index is 12.6. The highest BCUT2D eigenvalue weighted by Gasteiger charge is 2.32. The molecule has 31 heavy (non-hydrogen) atoms. The maximum Gasteiger partial charge on any atom is 0.342 e. The first-order chi connectivity index (χ1) is 14.5. The van der Waals surface area contributed by atoms with Crippen molar-refractivity contribution in [3.05, 3.63) is 46.5 Å². The van der Waals surface area contributed by atoms with Gasteiger partial charge in [-0.05, 0) is 44.5 Å². The smallest absolute Gasteiger partial charge is 0.342 e. The molecular weight excluding hydrogens is 404 g/mol. The van der Waals surface area contributed by atoms with Gasteiger partial charge in [-0.25, -0.2) is 4.79 Å². The third-order valence-corrected chi connectivity index (χ3v) is 4.76. The van der Waals surface area contributed by atoms with Crippen molar-refractivity contribution in [2.75, 3.05) is 7.11 Å². The van der Waals surface area contributed by atoms with Gasteiger partial charge in [-0.3, -0.25) is 4.79 Å². The molecule has 1 aliphatic rings. The second-order valence-electron chi connectivity index (χ2n) is 8.13. The molecule has 0 aromatic heterocycles. The molecule has 0 radical (unpaired) electrons. The van der Waals surface area contributed by atoms with Crippen molar-refractivity contribution in [3.8, 4) is 23.0 Å². The lowest BCUT2D eigenvalue weighted by molar-refractivity contribution is -0.149. The maximum atomic E-state index is 12.6. The molecule has 3 rings (SSSR count). The van der Waals surface area contributed by atoms with E-state index in [0.29, 0.717) is 11.1 Å². The van der Waals surface area contributed by atoms with Crippen LogP contribution >= 0.6 is 0 Å². The molecule has 0 amide bonds. The number of fused-ring (bicyclic) bond motifs is 2. The highest BCUT2D eigenvalue weighted by atomic mass is 16.6. The fraction of sp³-hybridized carbons (Fsp3) is 0.391. The van der Waals surface area contributed by atoms with Crippen molar-refractivity contribution in [1.29, 1.82) is 0 Å². The van der Waals surface area contributed by atoms with E-state index in [1.165, 1.54) is 26.2 Å². The van der Waals surface area contributed by atoms with Gasteiger partial charge in [0.2, 0.25) is 0 Å². The number of methoxy groups -OCH3 is 1. The van der Waals surface area contributed by atoms with Crippen molar-refractivity contribution in [2.24, 2.45) is 0 Å². The number of aryl methyl sites for hydroxylation is 1. The van der Waals surface area contributed by atoms with Crippen LogP contribution in [0.5, 0.6) is 23.0 Å². The van der Waals surface area contributed by atoms with Gasteiger partial charge in [0.05, 0.1) is 12.7 Å². The topological polar surface area (TPSA) is 112 Å². The summed E-state index contributed by atoms with van der Waals surface area (Å²) in [4.78, 5) is 24.4. The number of ether oxygens (including phenoxy) is 4. The Hall–Kier alpha value is -3.26. The summed E-state index contributed by atoms with van der Waals surface area (Å²) in [6, 6.07) is 6.33. The minimum atomic E-state index is -1.16.